The summed E-state index contributed by atoms with van der Waals surface area (Å²) < 4.78 is 31.2. The van der Waals surface area contributed by atoms with Gasteiger partial charge in [-0.3, -0.25) is 4.84 Å². The van der Waals surface area contributed by atoms with Gasteiger partial charge in [0, 0.05) is 5.57 Å². The molecule has 2 rings (SSSR count). The molecule has 0 aromatic heterocycles. The summed E-state index contributed by atoms with van der Waals surface area (Å²) in [5.74, 6) is 0. The lowest BCUT2D eigenvalue weighted by Crippen LogP contribution is -2.41. The molecule has 2 heterocycles. The van der Waals surface area contributed by atoms with Gasteiger partial charge in [0.2, 0.25) is 0 Å². The summed E-state index contributed by atoms with van der Waals surface area (Å²) in [6, 6.07) is 0. The third kappa shape index (κ3) is 3.87. The molecule has 1 amide bonds. The number of carbonyl (C=O) groups is 1. The third-order valence-corrected chi connectivity index (χ3v) is 4.12. The number of ether oxygens (including phenoxy) is 1. The highest BCUT2D eigenvalue weighted by Crippen LogP contribution is 2.39. The minimum absolute atomic E-state index is 0.00910. The molecule has 6 nitrogen and oxygen atoms in total. The number of hydrogen-bond acceptors (Lipinski definition) is 5. The molecule has 0 aliphatic carbocycles. The van der Waals surface area contributed by atoms with Crippen molar-refractivity contribution in [3.63, 3.8) is 0 Å². The topological polar surface area (TPSA) is 57.2 Å². The standard InChI is InChI=1S/C15H25BFNO5/c1-13(2,3)21-12(19)18-8-10(9-20-18)11(17)16-22-14(4,5)15(6,7)23-16/h8-9H2,1-7H3. The van der Waals surface area contributed by atoms with E-state index in [-0.39, 0.29) is 13.2 Å². The van der Waals surface area contributed by atoms with Crippen molar-refractivity contribution < 1.29 is 28.1 Å². The Morgan fingerprint density at radius 3 is 2.22 bits per heavy atom. The minimum atomic E-state index is -1.09. The lowest BCUT2D eigenvalue weighted by molar-refractivity contribution is -0.107. The monoisotopic (exact) mass is 329 g/mol. The number of carbonyl (C=O) groups excluding carboxylic acids is 1. The summed E-state index contributed by atoms with van der Waals surface area (Å²) in [5, 5.41) is 1.01. The second kappa shape index (κ2) is 5.75. The molecule has 0 radical (unpaired) electrons. The van der Waals surface area contributed by atoms with Crippen LogP contribution in [0.25, 0.3) is 0 Å². The first-order valence-electron chi connectivity index (χ1n) is 7.69. The molecule has 130 valence electrons. The molecule has 2 aliphatic heterocycles. The maximum Gasteiger partial charge on any atom is 0.525 e. The predicted octanol–water partition coefficient (Wildman–Crippen LogP) is 3.02. The van der Waals surface area contributed by atoms with Crippen molar-refractivity contribution in [2.45, 2.75) is 65.3 Å². The molecule has 0 bridgehead atoms. The van der Waals surface area contributed by atoms with Gasteiger partial charge in [0.25, 0.3) is 0 Å². The fourth-order valence-electron chi connectivity index (χ4n) is 2.11. The van der Waals surface area contributed by atoms with E-state index < -0.39 is 35.7 Å². The second-order valence-electron chi connectivity index (χ2n) is 7.83. The first kappa shape index (κ1) is 18.2. The van der Waals surface area contributed by atoms with E-state index in [1.54, 1.807) is 20.8 Å². The van der Waals surface area contributed by atoms with Crippen LogP contribution in [-0.4, -0.2) is 48.2 Å². The smallest absolute Gasteiger partial charge is 0.442 e. The molecule has 0 atom stereocenters. The van der Waals surface area contributed by atoms with Crippen LogP contribution >= 0.6 is 0 Å². The molecule has 0 spiro atoms. The number of amides is 1. The van der Waals surface area contributed by atoms with Gasteiger partial charge < -0.3 is 14.0 Å². The van der Waals surface area contributed by atoms with Gasteiger partial charge in [-0.15, -0.1) is 0 Å². The van der Waals surface area contributed by atoms with Crippen LogP contribution in [0, 0.1) is 0 Å². The first-order chi connectivity index (χ1) is 10.3. The van der Waals surface area contributed by atoms with Crippen molar-refractivity contribution in [1.82, 2.24) is 5.06 Å². The SMILES string of the molecule is CC(C)(C)OC(=O)N1CC(=C(F)B2OC(C)(C)C(C)(C)O2)CO1. The van der Waals surface area contributed by atoms with E-state index in [0.717, 1.165) is 5.06 Å². The first-order valence-corrected chi connectivity index (χ1v) is 7.69. The van der Waals surface area contributed by atoms with Crippen LogP contribution in [0.1, 0.15) is 48.5 Å². The van der Waals surface area contributed by atoms with Gasteiger partial charge in [0.05, 0.1) is 17.7 Å². The van der Waals surface area contributed by atoms with Crippen LogP contribution in [0.15, 0.2) is 11.3 Å². The number of hydroxylamine groups is 2. The Kier molecular flexibility index (Phi) is 4.56. The summed E-state index contributed by atoms with van der Waals surface area (Å²) in [5.41, 5.74) is -2.12. The summed E-state index contributed by atoms with van der Waals surface area (Å²) in [4.78, 5) is 17.1. The number of rotatable bonds is 1. The Morgan fingerprint density at radius 1 is 1.22 bits per heavy atom. The minimum Gasteiger partial charge on any atom is -0.442 e. The Labute approximate surface area is 137 Å². The summed E-state index contributed by atoms with van der Waals surface area (Å²) in [6.45, 7) is 12.6. The average Bonchev–Trinajstić information content (AvgIpc) is 2.90. The number of nitrogens with zero attached hydrogens (tertiary/aromatic N) is 1. The van der Waals surface area contributed by atoms with E-state index in [1.165, 1.54) is 0 Å². The molecule has 0 aromatic rings. The van der Waals surface area contributed by atoms with Crippen LogP contribution in [0.2, 0.25) is 0 Å². The van der Waals surface area contributed by atoms with Crippen LogP contribution in [0.5, 0.6) is 0 Å². The molecule has 2 fully saturated rings. The summed E-state index contributed by atoms with van der Waals surface area (Å²) in [7, 11) is -1.09. The van der Waals surface area contributed by atoms with Crippen molar-refractivity contribution in [1.29, 1.82) is 0 Å². The van der Waals surface area contributed by atoms with Crippen LogP contribution in [0.3, 0.4) is 0 Å². The lowest BCUT2D eigenvalue weighted by Gasteiger charge is -2.32. The van der Waals surface area contributed by atoms with Gasteiger partial charge in [0.15, 0.2) is 0 Å². The molecule has 0 aromatic carbocycles. The molecule has 2 aliphatic rings. The predicted molar refractivity (Wildman–Crippen MR) is 83.1 cm³/mol. The van der Waals surface area contributed by atoms with Gasteiger partial charge in [-0.05, 0) is 48.5 Å². The van der Waals surface area contributed by atoms with Crippen molar-refractivity contribution in [3.05, 3.63) is 11.3 Å². The van der Waals surface area contributed by atoms with Gasteiger partial charge in [-0.2, -0.15) is 5.06 Å². The largest absolute Gasteiger partial charge is 0.525 e. The summed E-state index contributed by atoms with van der Waals surface area (Å²) >= 11 is 0. The van der Waals surface area contributed by atoms with E-state index in [4.69, 9.17) is 18.9 Å². The van der Waals surface area contributed by atoms with E-state index in [1.807, 2.05) is 27.7 Å². The zero-order chi connectivity index (χ0) is 17.6. The third-order valence-electron chi connectivity index (χ3n) is 4.12. The Hall–Kier alpha value is -1.12. The zero-order valence-corrected chi connectivity index (χ0v) is 14.9. The van der Waals surface area contributed by atoms with Crippen molar-refractivity contribution in [2.24, 2.45) is 0 Å². The van der Waals surface area contributed by atoms with Crippen molar-refractivity contribution in [2.75, 3.05) is 13.2 Å². The van der Waals surface area contributed by atoms with Crippen LogP contribution in [0.4, 0.5) is 9.18 Å². The highest BCUT2D eigenvalue weighted by Gasteiger charge is 2.54. The fraction of sp³-hybridized carbons (Fsp3) is 0.800. The zero-order valence-electron chi connectivity index (χ0n) is 14.9. The second-order valence-corrected chi connectivity index (χ2v) is 7.83. The van der Waals surface area contributed by atoms with Gasteiger partial charge >= 0.3 is 13.2 Å². The van der Waals surface area contributed by atoms with E-state index in [9.17, 15) is 9.18 Å². The average molecular weight is 329 g/mol. The highest BCUT2D eigenvalue weighted by atomic mass is 19.1. The van der Waals surface area contributed by atoms with Gasteiger partial charge in [-0.25, -0.2) is 9.18 Å². The molecular formula is C15H25BFNO5. The Balaban J connectivity index is 2.06. The molecule has 2 saturated heterocycles. The molecule has 0 unspecified atom stereocenters. The number of halogens is 1. The van der Waals surface area contributed by atoms with E-state index in [2.05, 4.69) is 0 Å². The fourth-order valence-corrected chi connectivity index (χ4v) is 2.11. The van der Waals surface area contributed by atoms with Crippen LogP contribution in [-0.2, 0) is 18.9 Å². The van der Waals surface area contributed by atoms with Crippen molar-refractivity contribution in [3.8, 4) is 0 Å². The lowest BCUT2D eigenvalue weighted by atomic mass is 9.85. The van der Waals surface area contributed by atoms with Gasteiger partial charge in [0.1, 0.15) is 17.9 Å². The molecule has 23 heavy (non-hydrogen) atoms. The highest BCUT2D eigenvalue weighted by molar-refractivity contribution is 6.53. The Morgan fingerprint density at radius 2 is 1.74 bits per heavy atom. The molecule has 0 saturated carbocycles. The van der Waals surface area contributed by atoms with Gasteiger partial charge in [-0.1, -0.05) is 0 Å². The maximum absolute atomic E-state index is 14.6. The van der Waals surface area contributed by atoms with E-state index >= 15 is 0 Å². The Bertz CT molecular complexity index is 510. The quantitative estimate of drug-likeness (QED) is 0.692. The normalized spacial score (nSPS) is 25.7. The maximum atomic E-state index is 14.6. The van der Waals surface area contributed by atoms with Crippen LogP contribution < -0.4 is 0 Å². The molecular weight excluding hydrogens is 304 g/mol. The summed E-state index contributed by atoms with van der Waals surface area (Å²) in [6.07, 6.45) is -0.644. The van der Waals surface area contributed by atoms with E-state index in [0.29, 0.717) is 5.57 Å². The van der Waals surface area contributed by atoms with Crippen molar-refractivity contribution >= 4 is 13.2 Å². The molecule has 0 N–H and O–H groups in total. The molecule has 8 heteroatoms. The number of hydrogen-bond donors (Lipinski definition) is 0.